The molecule has 0 fully saturated rings. The average Bonchev–Trinajstić information content (AvgIpc) is 1.27. The van der Waals surface area contributed by atoms with Gasteiger partial charge in [0.25, 0.3) is 0 Å². The van der Waals surface area contributed by atoms with E-state index in [1.807, 2.05) is 0 Å². The lowest BCUT2D eigenvalue weighted by molar-refractivity contribution is -0.139. The van der Waals surface area contributed by atoms with Gasteiger partial charge in [-0.15, -0.1) is 17.0 Å². The van der Waals surface area contributed by atoms with Crippen molar-refractivity contribution in [2.24, 2.45) is 0 Å². The molecule has 0 aliphatic rings. The molecule has 4 heteroatoms. The summed E-state index contributed by atoms with van der Waals surface area (Å²) in [6.07, 6.45) is -0.361. The van der Waals surface area contributed by atoms with E-state index < -0.39 is 5.97 Å². The van der Waals surface area contributed by atoms with Crippen LogP contribution in [0.2, 0.25) is 0 Å². The number of carboxylic acid groups (broad SMARTS) is 1. The SMILES string of the molecule is Br.CC(=O)CC(=O)O. The Labute approximate surface area is 57.5 Å². The van der Waals surface area contributed by atoms with Gasteiger partial charge in [-0.05, 0) is 6.92 Å². The molecule has 0 amide bonds. The number of carbonyl (C=O) groups excluding carboxylic acids is 1. The minimum atomic E-state index is -1.06. The van der Waals surface area contributed by atoms with Crippen molar-refractivity contribution in [3.63, 3.8) is 0 Å². The minimum Gasteiger partial charge on any atom is -0.481 e. The normalized spacial score (nSPS) is 7.12. The van der Waals surface area contributed by atoms with Gasteiger partial charge in [0.05, 0.1) is 0 Å². The van der Waals surface area contributed by atoms with E-state index >= 15 is 0 Å². The van der Waals surface area contributed by atoms with Crippen LogP contribution < -0.4 is 0 Å². The number of carboxylic acids is 1. The maximum atomic E-state index is 9.87. The van der Waals surface area contributed by atoms with E-state index in [1.165, 1.54) is 6.92 Å². The molecule has 8 heavy (non-hydrogen) atoms. The van der Waals surface area contributed by atoms with E-state index in [1.54, 1.807) is 0 Å². The molecule has 0 aliphatic carbocycles. The van der Waals surface area contributed by atoms with Crippen LogP contribution >= 0.6 is 17.0 Å². The summed E-state index contributed by atoms with van der Waals surface area (Å²) in [6.45, 7) is 1.24. The van der Waals surface area contributed by atoms with Crippen molar-refractivity contribution < 1.29 is 14.7 Å². The Kier molecular flexibility index (Phi) is 6.31. The monoisotopic (exact) mass is 182 g/mol. The van der Waals surface area contributed by atoms with Crippen LogP contribution in [0.3, 0.4) is 0 Å². The van der Waals surface area contributed by atoms with Gasteiger partial charge in [-0.2, -0.15) is 0 Å². The Morgan fingerprint density at radius 1 is 1.50 bits per heavy atom. The summed E-state index contributed by atoms with van der Waals surface area (Å²) in [6, 6.07) is 0. The van der Waals surface area contributed by atoms with Gasteiger partial charge in [0.1, 0.15) is 12.2 Å². The molecule has 0 saturated carbocycles. The smallest absolute Gasteiger partial charge is 0.310 e. The molecule has 0 spiro atoms. The fourth-order valence-electron chi connectivity index (χ4n) is 0.213. The molecule has 3 nitrogen and oxygen atoms in total. The maximum Gasteiger partial charge on any atom is 0.310 e. The zero-order valence-electron chi connectivity index (χ0n) is 4.38. The van der Waals surface area contributed by atoms with E-state index in [0.29, 0.717) is 0 Å². The summed E-state index contributed by atoms with van der Waals surface area (Å²) in [4.78, 5) is 19.5. The lowest BCUT2D eigenvalue weighted by Crippen LogP contribution is -2.00. The summed E-state index contributed by atoms with van der Waals surface area (Å²) in [5.41, 5.74) is 0. The van der Waals surface area contributed by atoms with Crippen LogP contribution in [0.25, 0.3) is 0 Å². The van der Waals surface area contributed by atoms with Gasteiger partial charge in [0.2, 0.25) is 0 Å². The summed E-state index contributed by atoms with van der Waals surface area (Å²) >= 11 is 0. The van der Waals surface area contributed by atoms with Gasteiger partial charge in [0.15, 0.2) is 0 Å². The van der Waals surface area contributed by atoms with Crippen molar-refractivity contribution in [2.75, 3.05) is 0 Å². The number of rotatable bonds is 2. The van der Waals surface area contributed by atoms with Crippen LogP contribution in [0.1, 0.15) is 13.3 Å². The Balaban J connectivity index is 0. The molecule has 0 heterocycles. The van der Waals surface area contributed by atoms with Crippen molar-refractivity contribution in [3.05, 3.63) is 0 Å². The zero-order valence-corrected chi connectivity index (χ0v) is 6.09. The topological polar surface area (TPSA) is 54.4 Å². The number of carbonyl (C=O) groups is 2. The molecule has 0 aromatic rings. The molecule has 0 rings (SSSR count). The first-order valence-corrected chi connectivity index (χ1v) is 1.84. The van der Waals surface area contributed by atoms with Crippen LogP contribution in [-0.2, 0) is 9.59 Å². The van der Waals surface area contributed by atoms with Gasteiger partial charge < -0.3 is 5.11 Å². The molecule has 0 bridgehead atoms. The third kappa shape index (κ3) is 9.15. The van der Waals surface area contributed by atoms with E-state index in [9.17, 15) is 9.59 Å². The first kappa shape index (κ1) is 10.6. The average molecular weight is 183 g/mol. The minimum absolute atomic E-state index is 0. The standard InChI is InChI=1S/C4H6O3.BrH/c1-3(5)2-4(6)7;/h2H2,1H3,(H,6,7);1H. The fraction of sp³-hybridized carbons (Fsp3) is 0.500. The lowest BCUT2D eigenvalue weighted by Gasteiger charge is -1.80. The predicted molar refractivity (Wildman–Crippen MR) is 33.3 cm³/mol. The van der Waals surface area contributed by atoms with Crippen molar-refractivity contribution in [3.8, 4) is 0 Å². The number of hydrogen-bond donors (Lipinski definition) is 1. The number of Topliss-reactive ketones (excluding diaryl/α,β-unsaturated/α-hetero) is 1. The molecule has 0 saturated heterocycles. The highest BCUT2D eigenvalue weighted by Crippen LogP contribution is 1.77. The van der Waals surface area contributed by atoms with Crippen molar-refractivity contribution in [1.82, 2.24) is 0 Å². The quantitative estimate of drug-likeness (QED) is 0.638. The molecule has 1 N–H and O–H groups in total. The van der Waals surface area contributed by atoms with Crippen LogP contribution in [0.4, 0.5) is 0 Å². The second-order valence-corrected chi connectivity index (χ2v) is 1.27. The van der Waals surface area contributed by atoms with Crippen LogP contribution in [0, 0.1) is 0 Å². The second-order valence-electron chi connectivity index (χ2n) is 1.27. The molecule has 0 atom stereocenters. The first-order valence-electron chi connectivity index (χ1n) is 1.84. The third-order valence-electron chi connectivity index (χ3n) is 0.400. The molecule has 0 unspecified atom stereocenters. The van der Waals surface area contributed by atoms with E-state index in [0.717, 1.165) is 0 Å². The summed E-state index contributed by atoms with van der Waals surface area (Å²) in [7, 11) is 0. The lowest BCUT2D eigenvalue weighted by atomic mass is 10.3. The number of aliphatic carboxylic acids is 1. The van der Waals surface area contributed by atoms with Crippen molar-refractivity contribution >= 4 is 28.7 Å². The third-order valence-corrected chi connectivity index (χ3v) is 0.400. The van der Waals surface area contributed by atoms with Gasteiger partial charge in [0, 0.05) is 0 Å². The second kappa shape index (κ2) is 4.77. The number of ketones is 1. The van der Waals surface area contributed by atoms with Crippen molar-refractivity contribution in [2.45, 2.75) is 13.3 Å². The summed E-state index contributed by atoms with van der Waals surface area (Å²) < 4.78 is 0. The highest BCUT2D eigenvalue weighted by Gasteiger charge is 1.98. The fourth-order valence-corrected chi connectivity index (χ4v) is 0.213. The molecular weight excluding hydrogens is 176 g/mol. The van der Waals surface area contributed by atoms with Crippen LogP contribution in [-0.4, -0.2) is 16.9 Å². The Bertz CT molecular complexity index is 87.5. The summed E-state index contributed by atoms with van der Waals surface area (Å²) in [5, 5.41) is 7.86. The number of hydrogen-bond acceptors (Lipinski definition) is 2. The number of halogens is 1. The Morgan fingerprint density at radius 2 is 1.88 bits per heavy atom. The maximum absolute atomic E-state index is 9.87. The Morgan fingerprint density at radius 3 is 1.88 bits per heavy atom. The molecule has 0 aromatic heterocycles. The van der Waals surface area contributed by atoms with Gasteiger partial charge in [-0.25, -0.2) is 0 Å². The van der Waals surface area contributed by atoms with Gasteiger partial charge >= 0.3 is 5.97 Å². The molecular formula is C4H7BrO3. The van der Waals surface area contributed by atoms with E-state index in [-0.39, 0.29) is 29.2 Å². The highest BCUT2D eigenvalue weighted by atomic mass is 79.9. The molecule has 0 aromatic carbocycles. The molecule has 0 aliphatic heterocycles. The molecule has 48 valence electrons. The van der Waals surface area contributed by atoms with Crippen LogP contribution in [0.5, 0.6) is 0 Å². The zero-order chi connectivity index (χ0) is 5.86. The van der Waals surface area contributed by atoms with E-state index in [4.69, 9.17) is 5.11 Å². The van der Waals surface area contributed by atoms with Gasteiger partial charge in [-0.1, -0.05) is 0 Å². The predicted octanol–water partition coefficient (Wildman–Crippen LogP) is 0.628. The molecule has 0 radical (unpaired) electrons. The Hall–Kier alpha value is -0.380. The van der Waals surface area contributed by atoms with Crippen molar-refractivity contribution in [1.29, 1.82) is 0 Å². The van der Waals surface area contributed by atoms with Crippen LogP contribution in [0.15, 0.2) is 0 Å². The highest BCUT2D eigenvalue weighted by molar-refractivity contribution is 8.93. The van der Waals surface area contributed by atoms with Gasteiger partial charge in [-0.3, -0.25) is 9.59 Å². The first-order chi connectivity index (χ1) is 3.13. The van der Waals surface area contributed by atoms with E-state index in [2.05, 4.69) is 0 Å². The summed E-state index contributed by atoms with van der Waals surface area (Å²) in [5.74, 6) is -1.37. The largest absolute Gasteiger partial charge is 0.481 e.